The maximum absolute atomic E-state index is 5.66. The fourth-order valence-electron chi connectivity index (χ4n) is 5.12. The number of piperidine rings is 1. The lowest BCUT2D eigenvalue weighted by Crippen LogP contribution is -2.39. The molecule has 0 amide bonds. The first-order chi connectivity index (χ1) is 21.1. The van der Waals surface area contributed by atoms with E-state index < -0.39 is 0 Å². The van der Waals surface area contributed by atoms with Gasteiger partial charge >= 0.3 is 0 Å². The quantitative estimate of drug-likeness (QED) is 0.219. The van der Waals surface area contributed by atoms with Crippen LogP contribution in [0, 0.1) is 0 Å². The highest BCUT2D eigenvalue weighted by Gasteiger charge is 2.27. The number of aromatic nitrogens is 4. The van der Waals surface area contributed by atoms with Gasteiger partial charge < -0.3 is 48.5 Å². The van der Waals surface area contributed by atoms with E-state index in [-0.39, 0.29) is 12.1 Å². The molecule has 1 unspecified atom stereocenters. The van der Waals surface area contributed by atoms with Crippen molar-refractivity contribution >= 4 is 34.6 Å². The highest BCUT2D eigenvalue weighted by Crippen LogP contribution is 2.32. The average molecular weight is 608 g/mol. The summed E-state index contributed by atoms with van der Waals surface area (Å²) in [6, 6.07) is 0.153. The smallest absolute Gasteiger partial charge is 0.228 e. The first kappa shape index (κ1) is 33.2. The lowest BCUT2D eigenvalue weighted by Gasteiger charge is -2.33. The van der Waals surface area contributed by atoms with E-state index in [2.05, 4.69) is 25.6 Å². The molecule has 2 N–H and O–H groups in total. The third kappa shape index (κ3) is 9.17. The second-order valence-corrected chi connectivity index (χ2v) is 10.6. The average Bonchev–Trinajstić information content (AvgIpc) is 3.57. The molecule has 0 aliphatic carbocycles. The van der Waals surface area contributed by atoms with Crippen molar-refractivity contribution < 1.29 is 28.4 Å². The minimum atomic E-state index is 0.153. The van der Waals surface area contributed by atoms with Gasteiger partial charge in [0.2, 0.25) is 11.9 Å². The SMILES string of the molecule is COCCN(CCOC)c1nc(N2CCC(OC)CC2)c2nc(N(CCOC)CCOC)nc(NNC3CCOC3)c2n1. The fourth-order valence-corrected chi connectivity index (χ4v) is 5.12. The Balaban J connectivity index is 1.85. The zero-order valence-corrected chi connectivity index (χ0v) is 26.3. The van der Waals surface area contributed by atoms with Crippen LogP contribution in [0.5, 0.6) is 0 Å². The lowest BCUT2D eigenvalue weighted by atomic mass is 10.1. The molecule has 0 spiro atoms. The van der Waals surface area contributed by atoms with Crippen molar-refractivity contribution in [3.05, 3.63) is 0 Å². The first-order valence-electron chi connectivity index (χ1n) is 15.0. The Kier molecular flexibility index (Phi) is 13.6. The molecule has 15 nitrogen and oxygen atoms in total. The van der Waals surface area contributed by atoms with E-state index in [0.717, 1.165) is 44.8 Å². The van der Waals surface area contributed by atoms with Crippen molar-refractivity contribution in [3.8, 4) is 0 Å². The van der Waals surface area contributed by atoms with Crippen molar-refractivity contribution in [1.29, 1.82) is 0 Å². The molecular weight excluding hydrogens is 558 g/mol. The molecule has 4 rings (SSSR count). The standard InChI is InChI=1S/C28H49N9O6/c1-38-16-11-36(12-17-39-2)27-30-24-23(25(31-27)34-33-21-8-15-43-20-21)29-28(37(13-18-40-3)14-19-41-4)32-26(24)35-9-6-22(42-5)7-10-35/h21-22,33H,6-20H2,1-5H3,(H,30,31,34). The van der Waals surface area contributed by atoms with E-state index in [4.69, 9.17) is 48.4 Å². The second kappa shape index (κ2) is 17.6. The molecule has 15 heteroatoms. The summed E-state index contributed by atoms with van der Waals surface area (Å²) in [6.45, 7) is 7.43. The van der Waals surface area contributed by atoms with Crippen LogP contribution in [-0.4, -0.2) is 147 Å². The molecule has 0 saturated carbocycles. The van der Waals surface area contributed by atoms with Crippen LogP contribution in [0.3, 0.4) is 0 Å². The van der Waals surface area contributed by atoms with Crippen LogP contribution >= 0.6 is 0 Å². The highest BCUT2D eigenvalue weighted by atomic mass is 16.5. The summed E-state index contributed by atoms with van der Waals surface area (Å²) in [5.74, 6) is 2.46. The summed E-state index contributed by atoms with van der Waals surface area (Å²) in [4.78, 5) is 26.7. The van der Waals surface area contributed by atoms with Crippen LogP contribution in [0.25, 0.3) is 11.0 Å². The van der Waals surface area contributed by atoms with Crippen LogP contribution in [0.15, 0.2) is 0 Å². The van der Waals surface area contributed by atoms with Crippen molar-refractivity contribution in [2.45, 2.75) is 31.4 Å². The fraction of sp³-hybridized carbons (Fsp3) is 0.786. The highest BCUT2D eigenvalue weighted by molar-refractivity contribution is 5.94. The van der Waals surface area contributed by atoms with E-state index in [1.165, 1.54) is 0 Å². The Morgan fingerprint density at radius 1 is 0.744 bits per heavy atom. The largest absolute Gasteiger partial charge is 0.383 e. The van der Waals surface area contributed by atoms with Gasteiger partial charge in [-0.25, -0.2) is 15.4 Å². The maximum Gasteiger partial charge on any atom is 0.228 e. The summed E-state index contributed by atoms with van der Waals surface area (Å²) in [5.41, 5.74) is 8.07. The number of ether oxygens (including phenoxy) is 6. The van der Waals surface area contributed by atoms with Gasteiger partial charge in [-0.15, -0.1) is 0 Å². The third-order valence-corrected chi connectivity index (χ3v) is 7.73. The van der Waals surface area contributed by atoms with Crippen molar-refractivity contribution in [2.24, 2.45) is 0 Å². The second-order valence-electron chi connectivity index (χ2n) is 10.6. The lowest BCUT2D eigenvalue weighted by molar-refractivity contribution is 0.0818. The molecule has 0 radical (unpaired) electrons. The summed E-state index contributed by atoms with van der Waals surface area (Å²) in [5, 5.41) is 0. The Morgan fingerprint density at radius 2 is 1.30 bits per heavy atom. The molecule has 2 aromatic heterocycles. The summed E-state index contributed by atoms with van der Waals surface area (Å²) in [6.07, 6.45) is 2.92. The van der Waals surface area contributed by atoms with Gasteiger partial charge in [-0.2, -0.15) is 9.97 Å². The third-order valence-electron chi connectivity index (χ3n) is 7.73. The van der Waals surface area contributed by atoms with Crippen LogP contribution in [0.2, 0.25) is 0 Å². The Bertz CT molecular complexity index is 1090. The molecule has 0 bridgehead atoms. The zero-order chi connectivity index (χ0) is 30.4. The topological polar surface area (TPSA) is 141 Å². The number of rotatable bonds is 19. The zero-order valence-electron chi connectivity index (χ0n) is 26.3. The minimum absolute atomic E-state index is 0.153. The first-order valence-corrected chi connectivity index (χ1v) is 15.0. The number of hydrogen-bond acceptors (Lipinski definition) is 15. The predicted molar refractivity (Wildman–Crippen MR) is 165 cm³/mol. The molecule has 0 aromatic carbocycles. The number of nitrogens with one attached hydrogen (secondary N) is 2. The number of anilines is 4. The predicted octanol–water partition coefficient (Wildman–Crippen LogP) is 0.939. The molecule has 2 aliphatic heterocycles. The molecular formula is C28H49N9O6. The van der Waals surface area contributed by atoms with Crippen LogP contribution in [0.1, 0.15) is 19.3 Å². The van der Waals surface area contributed by atoms with E-state index in [9.17, 15) is 0 Å². The van der Waals surface area contributed by atoms with Gasteiger partial charge in [-0.3, -0.25) is 0 Å². The molecule has 242 valence electrons. The molecule has 43 heavy (non-hydrogen) atoms. The summed E-state index contributed by atoms with van der Waals surface area (Å²) in [7, 11) is 8.53. The van der Waals surface area contributed by atoms with Gasteiger partial charge in [0.1, 0.15) is 11.0 Å². The Morgan fingerprint density at radius 3 is 1.81 bits per heavy atom. The normalized spacial score (nSPS) is 17.6. The molecule has 2 fully saturated rings. The van der Waals surface area contributed by atoms with Gasteiger partial charge in [-0.05, 0) is 19.3 Å². The van der Waals surface area contributed by atoms with E-state index >= 15 is 0 Å². The minimum Gasteiger partial charge on any atom is -0.383 e. The van der Waals surface area contributed by atoms with Gasteiger partial charge in [0.25, 0.3) is 0 Å². The molecule has 1 atom stereocenters. The summed E-state index contributed by atoms with van der Waals surface area (Å²) >= 11 is 0. The van der Waals surface area contributed by atoms with Crippen molar-refractivity contribution in [1.82, 2.24) is 25.4 Å². The number of hydrazine groups is 1. The molecule has 2 aliphatic rings. The Hall–Kier alpha value is -2.66. The number of hydrogen-bond donors (Lipinski definition) is 2. The Labute approximate surface area is 254 Å². The van der Waals surface area contributed by atoms with Crippen LogP contribution in [0.4, 0.5) is 23.5 Å². The number of fused-ring (bicyclic) bond motifs is 1. The van der Waals surface area contributed by atoms with Gasteiger partial charge in [-0.1, -0.05) is 0 Å². The molecule has 4 heterocycles. The van der Waals surface area contributed by atoms with E-state index in [1.807, 2.05) is 0 Å². The number of methoxy groups -OCH3 is 5. The summed E-state index contributed by atoms with van der Waals surface area (Å²) < 4.78 is 32.9. The molecule has 2 aromatic rings. The van der Waals surface area contributed by atoms with Crippen molar-refractivity contribution in [3.63, 3.8) is 0 Å². The monoisotopic (exact) mass is 607 g/mol. The van der Waals surface area contributed by atoms with Crippen LogP contribution < -0.4 is 25.6 Å². The van der Waals surface area contributed by atoms with E-state index in [0.29, 0.717) is 88.0 Å². The molecule has 2 saturated heterocycles. The maximum atomic E-state index is 5.66. The van der Waals surface area contributed by atoms with E-state index in [1.54, 1.807) is 35.5 Å². The van der Waals surface area contributed by atoms with Gasteiger partial charge in [0, 0.05) is 81.4 Å². The number of nitrogens with zero attached hydrogens (tertiary/aromatic N) is 7. The van der Waals surface area contributed by atoms with Gasteiger partial charge in [0.05, 0.1) is 45.2 Å². The van der Waals surface area contributed by atoms with Crippen molar-refractivity contribution in [2.75, 3.05) is 135 Å². The van der Waals surface area contributed by atoms with Gasteiger partial charge in [0.15, 0.2) is 11.6 Å². The van der Waals surface area contributed by atoms with Crippen LogP contribution in [-0.2, 0) is 28.4 Å².